The third kappa shape index (κ3) is 77.0. The molecule has 0 aliphatic rings. The summed E-state index contributed by atoms with van der Waals surface area (Å²) < 4.78 is 0. The van der Waals surface area contributed by atoms with Gasteiger partial charge in [-0.3, -0.25) is 0 Å². The quantitative estimate of drug-likeness (QED) is 0.301. The van der Waals surface area contributed by atoms with Crippen LogP contribution in [0.4, 0.5) is 0 Å². The molecule has 0 saturated carbocycles. The van der Waals surface area contributed by atoms with Crippen LogP contribution in [0, 0.1) is 0 Å². The van der Waals surface area contributed by atoms with Gasteiger partial charge in [0.1, 0.15) is 0 Å². The molecule has 12 radical (unpaired) electrons. The minimum atomic E-state index is 0. The number of rotatable bonds is 0. The molecule has 1 unspecified atom stereocenters. The molecule has 0 bridgehead atoms. The Kier molecular flexibility index (Phi) is 605. The van der Waals surface area contributed by atoms with E-state index in [1.54, 1.807) is 0 Å². The van der Waals surface area contributed by atoms with Gasteiger partial charge in [0, 0.05) is 393 Å². The van der Waals surface area contributed by atoms with Crippen molar-refractivity contribution in [2.75, 3.05) is 0 Å². The summed E-state index contributed by atoms with van der Waals surface area (Å²) in [5, 5.41) is 0. The summed E-state index contributed by atoms with van der Waals surface area (Å²) in [5.41, 5.74) is 0. The zero-order valence-electron chi connectivity index (χ0n) is 7.64. The van der Waals surface area contributed by atoms with E-state index in [2.05, 4.69) is 0 Å². The first kappa shape index (κ1) is 94.0. The average Bonchev–Trinajstić information content (AvgIpc) is 0. The summed E-state index contributed by atoms with van der Waals surface area (Å²) in [6, 6.07) is 0. The van der Waals surface area contributed by atoms with Crippen LogP contribution in [0.15, 0.2) is 0 Å². The van der Waals surface area contributed by atoms with Crippen LogP contribution in [0.2, 0.25) is 0 Å². The Morgan fingerprint density at radius 3 is 0.154 bits per heavy atom. The van der Waals surface area contributed by atoms with Crippen LogP contribution in [0.5, 0.6) is 0 Å². The van der Waals surface area contributed by atoms with Gasteiger partial charge in [0.25, 0.3) is 0 Å². The third-order valence-electron chi connectivity index (χ3n) is 0. The molecule has 1 atom stereocenters. The van der Waals surface area contributed by atoms with E-state index in [0.717, 1.165) is 0 Å². The number of hydrogen-bond donors (Lipinski definition) is 0. The summed E-state index contributed by atoms with van der Waals surface area (Å²) in [7, 11) is 0. The average molecular weight is 1100 g/mol. The van der Waals surface area contributed by atoms with Gasteiger partial charge in [-0.15, -0.1) is 0 Å². The molecule has 0 aromatic rings. The maximum Gasteiger partial charge on any atom is 0 e. The van der Waals surface area contributed by atoms with Gasteiger partial charge in [-0.1, -0.05) is 0 Å². The predicted octanol–water partition coefficient (Wildman–Crippen LogP) is 0.0281. The van der Waals surface area contributed by atoms with Gasteiger partial charge in [0.2, 0.25) is 0 Å². The second-order valence-electron chi connectivity index (χ2n) is 0. The van der Waals surface area contributed by atoms with E-state index in [4.69, 9.17) is 0 Å². The first-order valence-corrected chi connectivity index (χ1v) is 0. The van der Waals surface area contributed by atoms with Crippen molar-refractivity contribution < 1.29 is 393 Å². The van der Waals surface area contributed by atoms with Gasteiger partial charge in [0.05, 0.1) is 0 Å². The van der Waals surface area contributed by atoms with Crippen LogP contribution in [-0.4, -0.2) is 0 Å². The largest absolute Gasteiger partial charge is 0.153 e. The first-order chi connectivity index (χ1) is 0. The molecule has 0 aromatic heterocycles. The Hall–Kier alpha value is 13.7. The third-order valence-corrected chi connectivity index (χ3v) is 0. The maximum atomic E-state index is 0. The van der Waals surface area contributed by atoms with E-state index >= 15 is 0 Å². The van der Waals surface area contributed by atoms with Crippen LogP contribution >= 0.6 is 9.90 Å². The zero-order valence-corrected chi connectivity index (χ0v) is 43.1. The van der Waals surface area contributed by atoms with Crippen LogP contribution in [0.3, 0.4) is 0 Å². The summed E-state index contributed by atoms with van der Waals surface area (Å²) in [6.07, 6.45) is 0. The SMILES string of the molecule is P.[Y].[Y].[Y].[Y].[Y].[Y].[Y].[Y].[Y].[Y].[Y].[Y]. The standard InChI is InChI=1S/H3P.12Y/h1H3;;;;;;;;;;;;. The molecule has 0 rings (SSSR count). The fraction of sp³-hybridized carbons (Fsp3) is 0. The molecule has 0 aromatic carbocycles. The fourth-order valence-corrected chi connectivity index (χ4v) is 0. The van der Waals surface area contributed by atoms with Crippen LogP contribution in [0.25, 0.3) is 0 Å². The van der Waals surface area contributed by atoms with Gasteiger partial charge in [-0.2, -0.15) is 9.90 Å². The van der Waals surface area contributed by atoms with Crippen molar-refractivity contribution in [3.63, 3.8) is 0 Å². The molecule has 13 heteroatoms. The Bertz CT molecular complexity index is 5.09. The topological polar surface area (TPSA) is 0 Å². The van der Waals surface area contributed by atoms with Gasteiger partial charge in [-0.25, -0.2) is 0 Å². The first-order valence-electron chi connectivity index (χ1n) is 0. The van der Waals surface area contributed by atoms with Crippen molar-refractivity contribution in [3.8, 4) is 0 Å². The monoisotopic (exact) mass is 1100 g/mol. The predicted molar refractivity (Wildman–Crippen MR) is 11.1 cm³/mol. The molecule has 0 aliphatic carbocycles. The van der Waals surface area contributed by atoms with Crippen molar-refractivity contribution in [1.82, 2.24) is 0 Å². The second kappa shape index (κ2) is 83.6. The molecule has 0 saturated heterocycles. The van der Waals surface area contributed by atoms with Crippen molar-refractivity contribution >= 4 is 9.90 Å². The molecule has 0 amide bonds. The van der Waals surface area contributed by atoms with Crippen LogP contribution in [-0.2, 0) is 393 Å². The fourth-order valence-electron chi connectivity index (χ4n) is 0. The molecular formula is H3PY12. The van der Waals surface area contributed by atoms with Crippen LogP contribution < -0.4 is 0 Å². The Balaban J connectivity index is 0. The zero-order chi connectivity index (χ0) is 0. The minimum absolute atomic E-state index is 0. The molecule has 0 spiro atoms. The van der Waals surface area contributed by atoms with Gasteiger partial charge in [-0.05, 0) is 0 Å². The molecular weight excluding hydrogens is 1100 g/mol. The molecule has 13 heavy (non-hydrogen) atoms. The minimum Gasteiger partial charge on any atom is -0.153 e. The van der Waals surface area contributed by atoms with Crippen molar-refractivity contribution in [1.29, 1.82) is 0 Å². The molecule has 0 N–H and O–H groups in total. The summed E-state index contributed by atoms with van der Waals surface area (Å²) in [5.74, 6) is 0. The second-order valence-corrected chi connectivity index (χ2v) is 0. The van der Waals surface area contributed by atoms with E-state index in [1.165, 1.54) is 0 Å². The van der Waals surface area contributed by atoms with E-state index in [1.807, 2.05) is 0 Å². The Morgan fingerprint density at radius 2 is 0.154 bits per heavy atom. The normalized spacial score (nSPS) is 0. The molecule has 0 aliphatic heterocycles. The van der Waals surface area contributed by atoms with E-state index in [9.17, 15) is 0 Å². The van der Waals surface area contributed by atoms with E-state index in [0.29, 0.717) is 0 Å². The smallest absolute Gasteiger partial charge is 0 e. The molecule has 0 heterocycles. The van der Waals surface area contributed by atoms with Gasteiger partial charge in [0.15, 0.2) is 0 Å². The summed E-state index contributed by atoms with van der Waals surface area (Å²) in [4.78, 5) is 0. The Morgan fingerprint density at radius 1 is 0.154 bits per heavy atom. The van der Waals surface area contributed by atoms with Gasteiger partial charge >= 0.3 is 0 Å². The van der Waals surface area contributed by atoms with Crippen LogP contribution in [0.1, 0.15) is 0 Å². The summed E-state index contributed by atoms with van der Waals surface area (Å²) in [6.45, 7) is 0. The van der Waals surface area contributed by atoms with E-state index < -0.39 is 0 Å². The van der Waals surface area contributed by atoms with Crippen molar-refractivity contribution in [2.45, 2.75) is 0 Å². The van der Waals surface area contributed by atoms with Gasteiger partial charge < -0.3 is 0 Å². The van der Waals surface area contributed by atoms with Crippen molar-refractivity contribution in [3.05, 3.63) is 0 Å². The molecule has 44 valence electrons. The Labute approximate surface area is 388 Å². The summed E-state index contributed by atoms with van der Waals surface area (Å²) >= 11 is 0. The molecule has 0 fully saturated rings. The maximum absolute atomic E-state index is 0. The number of hydrogen-bond acceptors (Lipinski definition) is 0. The van der Waals surface area contributed by atoms with E-state index in [-0.39, 0.29) is 402 Å². The van der Waals surface area contributed by atoms with Crippen molar-refractivity contribution in [2.24, 2.45) is 0 Å². The molecule has 0 nitrogen and oxygen atoms in total.